The molecule has 2 atom stereocenters. The largest absolute Gasteiger partial charge is 0.377 e. The van der Waals surface area contributed by atoms with E-state index in [1.807, 2.05) is 0 Å². The van der Waals surface area contributed by atoms with E-state index in [9.17, 15) is 0 Å². The number of hydrogen-bond donors (Lipinski definition) is 0. The average molecular weight is 217 g/mol. The van der Waals surface area contributed by atoms with Gasteiger partial charge in [0.25, 0.3) is 0 Å². The number of rotatable bonds is 2. The standard InChI is InChI=1S/C14H19NO/c1-2-4-12(5-3-1)10-15-8-6-13-7-9-16-14(13)11-15/h1-5,13-14H,6-11H2/t13-,14+/m0/s1. The van der Waals surface area contributed by atoms with Crippen LogP contribution < -0.4 is 0 Å². The smallest absolute Gasteiger partial charge is 0.0731 e. The molecule has 2 heterocycles. The summed E-state index contributed by atoms with van der Waals surface area (Å²) >= 11 is 0. The Hall–Kier alpha value is -0.860. The summed E-state index contributed by atoms with van der Waals surface area (Å²) in [6.45, 7) is 4.42. The summed E-state index contributed by atoms with van der Waals surface area (Å²) in [5.41, 5.74) is 1.42. The fourth-order valence-corrected chi connectivity index (χ4v) is 2.90. The summed E-state index contributed by atoms with van der Waals surface area (Å²) < 4.78 is 5.78. The number of likely N-dealkylation sites (tertiary alicyclic amines) is 1. The first-order valence-corrected chi connectivity index (χ1v) is 6.30. The lowest BCUT2D eigenvalue weighted by atomic mass is 9.93. The molecular formula is C14H19NO. The molecule has 86 valence electrons. The van der Waals surface area contributed by atoms with Crippen LogP contribution in [0.25, 0.3) is 0 Å². The second kappa shape index (κ2) is 4.56. The van der Waals surface area contributed by atoms with Crippen molar-refractivity contribution in [2.75, 3.05) is 19.7 Å². The van der Waals surface area contributed by atoms with Crippen molar-refractivity contribution >= 4 is 0 Å². The third-order valence-electron chi connectivity index (χ3n) is 3.85. The molecule has 2 aliphatic rings. The number of nitrogens with zero attached hydrogens (tertiary/aromatic N) is 1. The predicted octanol–water partition coefficient (Wildman–Crippen LogP) is 2.30. The lowest BCUT2D eigenvalue weighted by Crippen LogP contribution is -2.41. The van der Waals surface area contributed by atoms with Crippen molar-refractivity contribution in [3.63, 3.8) is 0 Å². The van der Waals surface area contributed by atoms with E-state index in [0.717, 1.165) is 25.6 Å². The third kappa shape index (κ3) is 2.13. The Balaban J connectivity index is 1.60. The van der Waals surface area contributed by atoms with Gasteiger partial charge in [-0.25, -0.2) is 0 Å². The second-order valence-electron chi connectivity index (χ2n) is 4.97. The molecule has 2 nitrogen and oxygen atoms in total. The van der Waals surface area contributed by atoms with Crippen LogP contribution in [0, 0.1) is 5.92 Å². The van der Waals surface area contributed by atoms with E-state index in [2.05, 4.69) is 35.2 Å². The minimum absolute atomic E-state index is 0.512. The summed E-state index contributed by atoms with van der Waals surface area (Å²) in [5.74, 6) is 0.840. The van der Waals surface area contributed by atoms with Crippen molar-refractivity contribution in [1.29, 1.82) is 0 Å². The number of ether oxygens (including phenoxy) is 1. The molecule has 0 aromatic heterocycles. The Kier molecular flexibility index (Phi) is 2.94. The molecule has 0 bridgehead atoms. The van der Waals surface area contributed by atoms with Crippen LogP contribution in [0.15, 0.2) is 30.3 Å². The van der Waals surface area contributed by atoms with Crippen LogP contribution in [0.1, 0.15) is 18.4 Å². The van der Waals surface area contributed by atoms with E-state index in [1.165, 1.54) is 24.9 Å². The molecule has 2 heteroatoms. The highest BCUT2D eigenvalue weighted by atomic mass is 16.5. The van der Waals surface area contributed by atoms with Gasteiger partial charge < -0.3 is 4.74 Å². The van der Waals surface area contributed by atoms with Gasteiger partial charge >= 0.3 is 0 Å². The first-order valence-electron chi connectivity index (χ1n) is 6.30. The SMILES string of the molecule is c1ccc(CN2CC[C@H]3CCO[C@@H]3C2)cc1. The van der Waals surface area contributed by atoms with Crippen LogP contribution in [0.2, 0.25) is 0 Å². The van der Waals surface area contributed by atoms with Crippen molar-refractivity contribution in [3.05, 3.63) is 35.9 Å². The monoisotopic (exact) mass is 217 g/mol. The number of benzene rings is 1. The Bertz CT molecular complexity index is 338. The molecule has 3 rings (SSSR count). The topological polar surface area (TPSA) is 12.5 Å². The molecule has 0 radical (unpaired) electrons. The van der Waals surface area contributed by atoms with Gasteiger partial charge in [0.05, 0.1) is 6.10 Å². The Morgan fingerprint density at radius 2 is 2.06 bits per heavy atom. The van der Waals surface area contributed by atoms with Gasteiger partial charge in [0.2, 0.25) is 0 Å². The molecular weight excluding hydrogens is 198 g/mol. The lowest BCUT2D eigenvalue weighted by molar-refractivity contribution is 0.0236. The first kappa shape index (κ1) is 10.3. The van der Waals surface area contributed by atoms with Gasteiger partial charge in [-0.05, 0) is 30.9 Å². The molecule has 0 spiro atoms. The minimum Gasteiger partial charge on any atom is -0.377 e. The van der Waals surface area contributed by atoms with Crippen molar-refractivity contribution < 1.29 is 4.74 Å². The Morgan fingerprint density at radius 3 is 2.94 bits per heavy atom. The molecule has 0 amide bonds. The molecule has 2 aliphatic heterocycles. The quantitative estimate of drug-likeness (QED) is 0.753. The summed E-state index contributed by atoms with van der Waals surface area (Å²) in [7, 11) is 0. The van der Waals surface area contributed by atoms with Crippen LogP contribution in [-0.4, -0.2) is 30.7 Å². The van der Waals surface area contributed by atoms with Gasteiger partial charge in [0.1, 0.15) is 0 Å². The van der Waals surface area contributed by atoms with Gasteiger partial charge in [-0.15, -0.1) is 0 Å². The maximum absolute atomic E-state index is 5.78. The van der Waals surface area contributed by atoms with E-state index in [1.54, 1.807) is 0 Å². The van der Waals surface area contributed by atoms with Crippen LogP contribution >= 0.6 is 0 Å². The average Bonchev–Trinajstić information content (AvgIpc) is 2.77. The molecule has 16 heavy (non-hydrogen) atoms. The molecule has 0 N–H and O–H groups in total. The van der Waals surface area contributed by atoms with E-state index < -0.39 is 0 Å². The van der Waals surface area contributed by atoms with Gasteiger partial charge in [-0.2, -0.15) is 0 Å². The number of piperidine rings is 1. The van der Waals surface area contributed by atoms with Crippen LogP contribution in [0.4, 0.5) is 0 Å². The number of fused-ring (bicyclic) bond motifs is 1. The van der Waals surface area contributed by atoms with E-state index in [-0.39, 0.29) is 0 Å². The summed E-state index contributed by atoms with van der Waals surface area (Å²) in [6, 6.07) is 10.7. The summed E-state index contributed by atoms with van der Waals surface area (Å²) in [5, 5.41) is 0. The molecule has 0 unspecified atom stereocenters. The fraction of sp³-hybridized carbons (Fsp3) is 0.571. The van der Waals surface area contributed by atoms with Crippen molar-refractivity contribution in [1.82, 2.24) is 4.90 Å². The van der Waals surface area contributed by atoms with Crippen molar-refractivity contribution in [2.45, 2.75) is 25.5 Å². The highest BCUT2D eigenvalue weighted by Crippen LogP contribution is 2.29. The number of hydrogen-bond acceptors (Lipinski definition) is 2. The van der Waals surface area contributed by atoms with E-state index in [4.69, 9.17) is 4.74 Å². The van der Waals surface area contributed by atoms with Gasteiger partial charge in [-0.3, -0.25) is 4.90 Å². The second-order valence-corrected chi connectivity index (χ2v) is 4.97. The maximum atomic E-state index is 5.78. The molecule has 0 saturated carbocycles. The fourth-order valence-electron chi connectivity index (χ4n) is 2.90. The van der Waals surface area contributed by atoms with Crippen LogP contribution in [-0.2, 0) is 11.3 Å². The van der Waals surface area contributed by atoms with Crippen molar-refractivity contribution in [2.24, 2.45) is 5.92 Å². The molecule has 2 saturated heterocycles. The van der Waals surface area contributed by atoms with Gasteiger partial charge in [0.15, 0.2) is 0 Å². The minimum atomic E-state index is 0.512. The highest BCUT2D eigenvalue weighted by molar-refractivity contribution is 5.14. The van der Waals surface area contributed by atoms with Gasteiger partial charge in [0, 0.05) is 19.7 Å². The predicted molar refractivity (Wildman–Crippen MR) is 64.2 cm³/mol. The third-order valence-corrected chi connectivity index (χ3v) is 3.85. The van der Waals surface area contributed by atoms with Crippen LogP contribution in [0.3, 0.4) is 0 Å². The zero-order chi connectivity index (χ0) is 10.8. The molecule has 1 aromatic rings. The summed E-state index contributed by atoms with van der Waals surface area (Å²) in [4.78, 5) is 2.53. The van der Waals surface area contributed by atoms with Crippen LogP contribution in [0.5, 0.6) is 0 Å². The lowest BCUT2D eigenvalue weighted by Gasteiger charge is -2.34. The zero-order valence-corrected chi connectivity index (χ0v) is 9.64. The molecule has 2 fully saturated rings. The van der Waals surface area contributed by atoms with E-state index >= 15 is 0 Å². The molecule has 0 aliphatic carbocycles. The van der Waals surface area contributed by atoms with E-state index in [0.29, 0.717) is 6.10 Å². The normalized spacial score (nSPS) is 30.2. The first-order chi connectivity index (χ1) is 7.92. The molecule has 1 aromatic carbocycles. The van der Waals surface area contributed by atoms with Crippen molar-refractivity contribution in [3.8, 4) is 0 Å². The van der Waals surface area contributed by atoms with Gasteiger partial charge in [-0.1, -0.05) is 30.3 Å². The Morgan fingerprint density at radius 1 is 1.19 bits per heavy atom. The zero-order valence-electron chi connectivity index (χ0n) is 9.64. The maximum Gasteiger partial charge on any atom is 0.0731 e. The highest BCUT2D eigenvalue weighted by Gasteiger charge is 2.33. The summed E-state index contributed by atoms with van der Waals surface area (Å²) in [6.07, 6.45) is 3.11. The Labute approximate surface area is 97.2 Å².